The van der Waals surface area contributed by atoms with Gasteiger partial charge >= 0.3 is 6.03 Å². The highest BCUT2D eigenvalue weighted by Crippen LogP contribution is 2.35. The molecule has 0 aromatic heterocycles. The molecule has 2 rings (SSSR count). The zero-order valence-corrected chi connectivity index (χ0v) is 11.1. The van der Waals surface area contributed by atoms with E-state index in [1.807, 2.05) is 6.07 Å². The molecule has 1 aromatic rings. The summed E-state index contributed by atoms with van der Waals surface area (Å²) >= 11 is 0. The summed E-state index contributed by atoms with van der Waals surface area (Å²) in [5, 5.41) is 14.4. The lowest BCUT2D eigenvalue weighted by atomic mass is 9.76. The van der Waals surface area contributed by atoms with Gasteiger partial charge in [-0.25, -0.2) is 4.79 Å². The molecule has 0 aliphatic carbocycles. The molecular weight excluding hydrogens is 260 g/mol. The van der Waals surface area contributed by atoms with E-state index in [4.69, 9.17) is 0 Å². The van der Waals surface area contributed by atoms with E-state index in [0.29, 0.717) is 5.56 Å². The summed E-state index contributed by atoms with van der Waals surface area (Å²) in [6, 6.07) is 7.96. The van der Waals surface area contributed by atoms with Gasteiger partial charge in [0, 0.05) is 6.42 Å². The van der Waals surface area contributed by atoms with E-state index in [9.17, 15) is 19.5 Å². The second-order valence-corrected chi connectivity index (χ2v) is 4.80. The minimum absolute atomic E-state index is 0.0710. The number of barbiturate groups is 1. The number of nitrogens with one attached hydrogen (secondary N) is 2. The standard InChI is InChI=1S/C14H16N2O4/c1-2-14(11(18)15-13(20)16-12(14)19)8-10(17)9-6-4-3-5-7-9/h3-7,10,17H,2,8H2,1H3,(H2,15,16,18,19,20). The number of aliphatic hydroxyl groups is 1. The van der Waals surface area contributed by atoms with E-state index in [1.54, 1.807) is 31.2 Å². The molecule has 1 heterocycles. The van der Waals surface area contributed by atoms with Crippen molar-refractivity contribution < 1.29 is 19.5 Å². The van der Waals surface area contributed by atoms with Gasteiger partial charge in [0.15, 0.2) is 0 Å². The second-order valence-electron chi connectivity index (χ2n) is 4.80. The summed E-state index contributed by atoms with van der Waals surface area (Å²) in [4.78, 5) is 35.2. The van der Waals surface area contributed by atoms with Crippen LogP contribution in [0.25, 0.3) is 0 Å². The molecule has 0 saturated carbocycles. The van der Waals surface area contributed by atoms with Gasteiger partial charge < -0.3 is 5.11 Å². The van der Waals surface area contributed by atoms with Crippen molar-refractivity contribution in [3.8, 4) is 0 Å². The number of hydrogen-bond donors (Lipinski definition) is 3. The lowest BCUT2D eigenvalue weighted by molar-refractivity contribution is -0.147. The second kappa shape index (κ2) is 5.42. The molecule has 1 aliphatic rings. The van der Waals surface area contributed by atoms with Crippen LogP contribution < -0.4 is 10.6 Å². The predicted molar refractivity (Wildman–Crippen MR) is 70.4 cm³/mol. The quantitative estimate of drug-likeness (QED) is 0.711. The fourth-order valence-electron chi connectivity index (χ4n) is 2.35. The summed E-state index contributed by atoms with van der Waals surface area (Å²) in [7, 11) is 0. The first-order valence-corrected chi connectivity index (χ1v) is 6.39. The Bertz CT molecular complexity index is 521. The highest BCUT2D eigenvalue weighted by Gasteiger charge is 2.50. The Morgan fingerprint density at radius 2 is 1.65 bits per heavy atom. The van der Waals surface area contributed by atoms with E-state index in [0.717, 1.165) is 0 Å². The highest BCUT2D eigenvalue weighted by molar-refractivity contribution is 6.19. The van der Waals surface area contributed by atoms with Gasteiger partial charge in [-0.15, -0.1) is 0 Å². The summed E-state index contributed by atoms with van der Waals surface area (Å²) in [6.45, 7) is 1.67. The Hall–Kier alpha value is -2.21. The first-order chi connectivity index (χ1) is 9.49. The normalized spacial score (nSPS) is 19.2. The number of carbonyl (C=O) groups excluding carboxylic acids is 3. The molecule has 20 heavy (non-hydrogen) atoms. The van der Waals surface area contributed by atoms with Crippen LogP contribution in [0, 0.1) is 5.41 Å². The van der Waals surface area contributed by atoms with Crippen molar-refractivity contribution >= 4 is 17.8 Å². The van der Waals surface area contributed by atoms with Crippen molar-refractivity contribution in [3.05, 3.63) is 35.9 Å². The number of rotatable bonds is 4. The van der Waals surface area contributed by atoms with Crippen molar-refractivity contribution in [2.75, 3.05) is 0 Å². The van der Waals surface area contributed by atoms with Gasteiger partial charge in [-0.05, 0) is 12.0 Å². The Balaban J connectivity index is 2.25. The molecule has 1 unspecified atom stereocenters. The molecule has 106 valence electrons. The van der Waals surface area contributed by atoms with Crippen LogP contribution in [0.3, 0.4) is 0 Å². The van der Waals surface area contributed by atoms with Crippen molar-refractivity contribution in [1.82, 2.24) is 10.6 Å². The van der Waals surface area contributed by atoms with Gasteiger partial charge in [0.05, 0.1) is 6.10 Å². The molecule has 0 bridgehead atoms. The first-order valence-electron chi connectivity index (χ1n) is 6.39. The third-order valence-electron chi connectivity index (χ3n) is 3.65. The molecule has 1 fully saturated rings. The number of hydrogen-bond acceptors (Lipinski definition) is 4. The van der Waals surface area contributed by atoms with Gasteiger partial charge in [0.1, 0.15) is 5.41 Å². The number of benzene rings is 1. The zero-order valence-electron chi connectivity index (χ0n) is 11.1. The molecule has 1 saturated heterocycles. The molecule has 1 aliphatic heterocycles. The van der Waals surface area contributed by atoms with Crippen molar-refractivity contribution in [2.24, 2.45) is 5.41 Å². The molecule has 0 radical (unpaired) electrons. The monoisotopic (exact) mass is 276 g/mol. The number of urea groups is 1. The molecular formula is C14H16N2O4. The van der Waals surface area contributed by atoms with Crippen molar-refractivity contribution in [2.45, 2.75) is 25.9 Å². The summed E-state index contributed by atoms with van der Waals surface area (Å²) in [5.41, 5.74) is -0.804. The van der Waals surface area contributed by atoms with Crippen LogP contribution in [0.4, 0.5) is 4.79 Å². The van der Waals surface area contributed by atoms with E-state index in [1.165, 1.54) is 0 Å². The van der Waals surface area contributed by atoms with Gasteiger partial charge in [0.25, 0.3) is 0 Å². The number of carbonyl (C=O) groups is 3. The minimum Gasteiger partial charge on any atom is -0.388 e. The molecule has 6 heteroatoms. The van der Waals surface area contributed by atoms with Gasteiger partial charge in [-0.3, -0.25) is 20.2 Å². The summed E-state index contributed by atoms with van der Waals surface area (Å²) in [5.74, 6) is -1.33. The number of aliphatic hydroxyl groups excluding tert-OH is 1. The maximum Gasteiger partial charge on any atom is 0.328 e. The molecule has 1 aromatic carbocycles. The van der Waals surface area contributed by atoms with Gasteiger partial charge in [-0.2, -0.15) is 0 Å². The molecule has 6 nitrogen and oxygen atoms in total. The lowest BCUT2D eigenvalue weighted by Gasteiger charge is -2.34. The van der Waals surface area contributed by atoms with Crippen LogP contribution in [-0.4, -0.2) is 23.0 Å². The van der Waals surface area contributed by atoms with Crippen LogP contribution in [-0.2, 0) is 9.59 Å². The van der Waals surface area contributed by atoms with E-state index in [-0.39, 0.29) is 12.8 Å². The number of amides is 4. The van der Waals surface area contributed by atoms with Crippen LogP contribution in [0.15, 0.2) is 30.3 Å². The van der Waals surface area contributed by atoms with Crippen LogP contribution in [0.2, 0.25) is 0 Å². The fourth-order valence-corrected chi connectivity index (χ4v) is 2.35. The third-order valence-corrected chi connectivity index (χ3v) is 3.65. The molecule has 1 atom stereocenters. The summed E-state index contributed by atoms with van der Waals surface area (Å²) in [6.07, 6.45) is -0.832. The highest BCUT2D eigenvalue weighted by atomic mass is 16.3. The van der Waals surface area contributed by atoms with E-state index >= 15 is 0 Å². The van der Waals surface area contributed by atoms with E-state index in [2.05, 4.69) is 10.6 Å². The van der Waals surface area contributed by atoms with Crippen molar-refractivity contribution in [3.63, 3.8) is 0 Å². The fraction of sp³-hybridized carbons (Fsp3) is 0.357. The SMILES string of the molecule is CCC1(CC(O)c2ccccc2)C(=O)NC(=O)NC1=O. The number of imide groups is 2. The Labute approximate surface area is 116 Å². The molecule has 4 amide bonds. The maximum atomic E-state index is 12.0. The Kier molecular flexibility index (Phi) is 3.85. The molecule has 0 spiro atoms. The van der Waals surface area contributed by atoms with Crippen LogP contribution in [0.5, 0.6) is 0 Å². The lowest BCUT2D eigenvalue weighted by Crippen LogP contribution is -2.62. The zero-order chi connectivity index (χ0) is 14.8. The first kappa shape index (κ1) is 14.2. The van der Waals surface area contributed by atoms with Gasteiger partial charge in [0.2, 0.25) is 11.8 Å². The Morgan fingerprint density at radius 3 is 2.15 bits per heavy atom. The average molecular weight is 276 g/mol. The molecule has 3 N–H and O–H groups in total. The third kappa shape index (κ3) is 2.42. The smallest absolute Gasteiger partial charge is 0.328 e. The van der Waals surface area contributed by atoms with Gasteiger partial charge in [-0.1, -0.05) is 37.3 Å². The van der Waals surface area contributed by atoms with Crippen molar-refractivity contribution in [1.29, 1.82) is 0 Å². The average Bonchev–Trinajstić information content (AvgIpc) is 2.43. The van der Waals surface area contributed by atoms with Crippen LogP contribution in [0.1, 0.15) is 31.4 Å². The maximum absolute atomic E-state index is 12.0. The Morgan fingerprint density at radius 1 is 1.10 bits per heavy atom. The topological polar surface area (TPSA) is 95.5 Å². The largest absolute Gasteiger partial charge is 0.388 e. The predicted octanol–water partition coefficient (Wildman–Crippen LogP) is 0.872. The minimum atomic E-state index is -1.43. The van der Waals surface area contributed by atoms with E-state index < -0.39 is 29.4 Å². The van der Waals surface area contributed by atoms with Crippen LogP contribution >= 0.6 is 0 Å². The summed E-state index contributed by atoms with van der Waals surface area (Å²) < 4.78 is 0.